The quantitative estimate of drug-likeness (QED) is 0.677. The lowest BCUT2D eigenvalue weighted by Crippen LogP contribution is -2.49. The van der Waals surface area contributed by atoms with Crippen LogP contribution in [-0.4, -0.2) is 37.6 Å². The molecule has 3 heterocycles. The summed E-state index contributed by atoms with van der Waals surface area (Å²) < 4.78 is 30.2. The van der Waals surface area contributed by atoms with Gasteiger partial charge in [-0.15, -0.1) is 5.10 Å². The molecular weight excluding hydrogens is 364 g/mol. The average molecular weight is 385 g/mol. The zero-order valence-electron chi connectivity index (χ0n) is 15.8. The van der Waals surface area contributed by atoms with E-state index in [0.29, 0.717) is 37.6 Å². The summed E-state index contributed by atoms with van der Waals surface area (Å²) in [5.74, 6) is -0.00810. The van der Waals surface area contributed by atoms with Crippen molar-refractivity contribution in [2.45, 2.75) is 26.9 Å². The molecular formula is C20H21F2N5O. The predicted octanol–water partition coefficient (Wildman–Crippen LogP) is 2.46. The molecule has 0 bridgehead atoms. The summed E-state index contributed by atoms with van der Waals surface area (Å²) in [6.07, 6.45) is 0. The van der Waals surface area contributed by atoms with E-state index in [1.165, 1.54) is 16.8 Å². The van der Waals surface area contributed by atoms with Gasteiger partial charge in [0, 0.05) is 42.9 Å². The molecule has 146 valence electrons. The maximum Gasteiger partial charge on any atom is 0.266 e. The molecule has 1 saturated heterocycles. The Morgan fingerprint density at radius 1 is 1.07 bits per heavy atom. The van der Waals surface area contributed by atoms with Gasteiger partial charge in [-0.1, -0.05) is 0 Å². The molecule has 0 saturated carbocycles. The molecule has 1 aromatic carbocycles. The SMILES string of the molecule is Cc1cc(C)n(-c2ccc(=O)n(CC3CN(Cc4cc(F)ccc4F)C3)n2)n1. The highest BCUT2D eigenvalue weighted by atomic mass is 19.1. The number of rotatable bonds is 5. The molecule has 6 nitrogen and oxygen atoms in total. The van der Waals surface area contributed by atoms with Crippen LogP contribution in [0.4, 0.5) is 8.78 Å². The molecule has 0 N–H and O–H groups in total. The van der Waals surface area contributed by atoms with Crippen molar-refractivity contribution in [3.8, 4) is 5.82 Å². The monoisotopic (exact) mass is 385 g/mol. The first-order chi connectivity index (χ1) is 13.4. The Bertz CT molecular complexity index is 1070. The molecule has 0 spiro atoms. The van der Waals surface area contributed by atoms with Gasteiger partial charge < -0.3 is 0 Å². The predicted molar refractivity (Wildman–Crippen MR) is 100 cm³/mol. The second kappa shape index (κ2) is 7.27. The largest absolute Gasteiger partial charge is 0.298 e. The van der Waals surface area contributed by atoms with Crippen molar-refractivity contribution in [1.29, 1.82) is 0 Å². The minimum Gasteiger partial charge on any atom is -0.298 e. The molecule has 0 aliphatic carbocycles. The van der Waals surface area contributed by atoms with Gasteiger partial charge in [0.15, 0.2) is 5.82 Å². The van der Waals surface area contributed by atoms with E-state index < -0.39 is 11.6 Å². The van der Waals surface area contributed by atoms with Crippen LogP contribution >= 0.6 is 0 Å². The first-order valence-electron chi connectivity index (χ1n) is 9.17. The molecule has 2 aromatic heterocycles. The van der Waals surface area contributed by atoms with E-state index in [0.717, 1.165) is 23.5 Å². The number of halogens is 2. The van der Waals surface area contributed by atoms with Gasteiger partial charge in [0.2, 0.25) is 0 Å². The zero-order chi connectivity index (χ0) is 19.8. The molecule has 28 heavy (non-hydrogen) atoms. The van der Waals surface area contributed by atoms with Crippen LogP contribution in [0.1, 0.15) is 17.0 Å². The van der Waals surface area contributed by atoms with Gasteiger partial charge in [-0.25, -0.2) is 18.1 Å². The molecule has 4 rings (SSSR count). The summed E-state index contributed by atoms with van der Waals surface area (Å²) in [6, 6.07) is 8.61. The Hall–Kier alpha value is -2.87. The van der Waals surface area contributed by atoms with Gasteiger partial charge in [-0.05, 0) is 44.2 Å². The van der Waals surface area contributed by atoms with Crippen molar-refractivity contribution >= 4 is 0 Å². The molecule has 0 unspecified atom stereocenters. The number of hydrogen-bond donors (Lipinski definition) is 0. The summed E-state index contributed by atoms with van der Waals surface area (Å²) in [4.78, 5) is 14.2. The first-order valence-corrected chi connectivity index (χ1v) is 9.17. The number of nitrogens with zero attached hydrogens (tertiary/aromatic N) is 5. The van der Waals surface area contributed by atoms with Gasteiger partial charge in [-0.3, -0.25) is 9.69 Å². The molecule has 1 aliphatic rings. The third-order valence-electron chi connectivity index (χ3n) is 4.94. The molecule has 1 fully saturated rings. The van der Waals surface area contributed by atoms with E-state index in [4.69, 9.17) is 0 Å². The topological polar surface area (TPSA) is 56.0 Å². The second-order valence-electron chi connectivity index (χ2n) is 7.35. The second-order valence-corrected chi connectivity index (χ2v) is 7.35. The van der Waals surface area contributed by atoms with Crippen LogP contribution in [-0.2, 0) is 13.1 Å². The maximum absolute atomic E-state index is 13.8. The van der Waals surface area contributed by atoms with Crippen LogP contribution < -0.4 is 5.56 Å². The van der Waals surface area contributed by atoms with Gasteiger partial charge in [0.25, 0.3) is 5.56 Å². The summed E-state index contributed by atoms with van der Waals surface area (Å²) >= 11 is 0. The van der Waals surface area contributed by atoms with Crippen molar-refractivity contribution in [2.24, 2.45) is 5.92 Å². The molecule has 8 heteroatoms. The van der Waals surface area contributed by atoms with Crippen LogP contribution in [0.2, 0.25) is 0 Å². The third kappa shape index (κ3) is 3.73. The van der Waals surface area contributed by atoms with E-state index in [2.05, 4.69) is 10.2 Å². The average Bonchev–Trinajstić information content (AvgIpc) is 2.96. The van der Waals surface area contributed by atoms with Crippen LogP contribution in [0, 0.1) is 31.4 Å². The van der Waals surface area contributed by atoms with E-state index in [1.807, 2.05) is 24.8 Å². The smallest absolute Gasteiger partial charge is 0.266 e. The lowest BCUT2D eigenvalue weighted by Gasteiger charge is -2.39. The van der Waals surface area contributed by atoms with Crippen molar-refractivity contribution in [2.75, 3.05) is 13.1 Å². The fourth-order valence-corrected chi connectivity index (χ4v) is 3.61. The standard InChI is InChI=1S/C20H21F2N5O/c1-13-7-14(2)27(23-13)19-5-6-20(28)26(24-19)11-15-9-25(10-15)12-16-8-17(21)3-4-18(16)22/h3-8,15H,9-12H2,1-2H3. The third-order valence-corrected chi connectivity index (χ3v) is 4.94. The summed E-state index contributed by atoms with van der Waals surface area (Å²) in [6.45, 7) is 6.08. The van der Waals surface area contributed by atoms with Crippen molar-refractivity contribution in [3.63, 3.8) is 0 Å². The number of aromatic nitrogens is 4. The fourth-order valence-electron chi connectivity index (χ4n) is 3.61. The van der Waals surface area contributed by atoms with Crippen molar-refractivity contribution in [1.82, 2.24) is 24.5 Å². The number of likely N-dealkylation sites (tertiary alicyclic amines) is 1. The molecule has 3 aromatic rings. The number of aryl methyl sites for hydroxylation is 2. The van der Waals surface area contributed by atoms with Crippen LogP contribution in [0.3, 0.4) is 0 Å². The van der Waals surface area contributed by atoms with E-state index in [1.54, 1.807) is 10.7 Å². The zero-order valence-corrected chi connectivity index (χ0v) is 15.8. The van der Waals surface area contributed by atoms with Crippen LogP contribution in [0.15, 0.2) is 41.2 Å². The summed E-state index contributed by atoms with van der Waals surface area (Å²) in [5, 5.41) is 8.85. The molecule has 0 amide bonds. The first kappa shape index (κ1) is 18.5. The van der Waals surface area contributed by atoms with Crippen LogP contribution in [0.25, 0.3) is 5.82 Å². The van der Waals surface area contributed by atoms with E-state index in [-0.39, 0.29) is 11.5 Å². The maximum atomic E-state index is 13.8. The Balaban J connectivity index is 1.42. The molecule has 0 radical (unpaired) electrons. The lowest BCUT2D eigenvalue weighted by atomic mass is 9.99. The van der Waals surface area contributed by atoms with E-state index in [9.17, 15) is 13.6 Å². The van der Waals surface area contributed by atoms with Gasteiger partial charge in [-0.2, -0.15) is 5.10 Å². The Morgan fingerprint density at radius 2 is 1.86 bits per heavy atom. The Labute approximate surface area is 161 Å². The minimum atomic E-state index is -0.440. The minimum absolute atomic E-state index is 0.167. The van der Waals surface area contributed by atoms with Gasteiger partial charge in [0.05, 0.1) is 12.2 Å². The lowest BCUT2D eigenvalue weighted by molar-refractivity contribution is 0.0754. The van der Waals surface area contributed by atoms with Gasteiger partial charge >= 0.3 is 0 Å². The normalized spacial score (nSPS) is 15.0. The van der Waals surface area contributed by atoms with Gasteiger partial charge in [0.1, 0.15) is 11.6 Å². The number of hydrogen-bond acceptors (Lipinski definition) is 4. The van der Waals surface area contributed by atoms with E-state index >= 15 is 0 Å². The molecule has 1 aliphatic heterocycles. The van der Waals surface area contributed by atoms with Crippen molar-refractivity contribution in [3.05, 3.63) is 75.3 Å². The Morgan fingerprint density at radius 3 is 2.57 bits per heavy atom. The fraction of sp³-hybridized carbons (Fsp3) is 0.350. The van der Waals surface area contributed by atoms with Crippen molar-refractivity contribution < 1.29 is 8.78 Å². The van der Waals surface area contributed by atoms with Crippen LogP contribution in [0.5, 0.6) is 0 Å². The highest BCUT2D eigenvalue weighted by Gasteiger charge is 2.28. The highest BCUT2D eigenvalue weighted by molar-refractivity contribution is 5.24. The summed E-state index contributed by atoms with van der Waals surface area (Å²) in [7, 11) is 0. The highest BCUT2D eigenvalue weighted by Crippen LogP contribution is 2.21. The summed E-state index contributed by atoms with van der Waals surface area (Å²) in [5.41, 5.74) is 2.01. The Kier molecular flexibility index (Phi) is 4.80. The molecule has 0 atom stereocenters. The number of benzene rings is 1.